The normalized spacial score (nSPS) is 10.2. The van der Waals surface area contributed by atoms with Gasteiger partial charge in [0.05, 0.1) is 17.3 Å². The van der Waals surface area contributed by atoms with Crippen LogP contribution < -0.4 is 5.32 Å². The number of pyridine rings is 1. The van der Waals surface area contributed by atoms with Gasteiger partial charge in [-0.1, -0.05) is 41.6 Å². The maximum atomic E-state index is 12.4. The molecular formula is C18H14ClN3O. The van der Waals surface area contributed by atoms with Gasteiger partial charge >= 0.3 is 0 Å². The van der Waals surface area contributed by atoms with Crippen molar-refractivity contribution >= 4 is 23.2 Å². The smallest absolute Gasteiger partial charge is 0.270 e. The van der Waals surface area contributed by atoms with E-state index in [-0.39, 0.29) is 12.5 Å². The summed E-state index contributed by atoms with van der Waals surface area (Å²) in [6.45, 7) is 2.06. The van der Waals surface area contributed by atoms with Gasteiger partial charge in [-0.25, -0.2) is 4.98 Å². The van der Waals surface area contributed by atoms with Crippen LogP contribution in [0.15, 0.2) is 48.7 Å². The molecule has 1 amide bonds. The van der Waals surface area contributed by atoms with Crippen molar-refractivity contribution in [3.05, 3.63) is 70.6 Å². The number of benzene rings is 1. The highest BCUT2D eigenvalue weighted by Crippen LogP contribution is 2.13. The van der Waals surface area contributed by atoms with Crippen LogP contribution >= 0.6 is 11.6 Å². The van der Waals surface area contributed by atoms with Crippen LogP contribution in [0.25, 0.3) is 5.65 Å². The van der Waals surface area contributed by atoms with Crippen LogP contribution in [0.2, 0.25) is 5.02 Å². The maximum Gasteiger partial charge on any atom is 0.270 e. The third-order valence-corrected chi connectivity index (χ3v) is 3.68. The Hall–Kier alpha value is -2.77. The number of carbonyl (C=O) groups is 1. The number of hydrogen-bond acceptors (Lipinski definition) is 2. The summed E-state index contributed by atoms with van der Waals surface area (Å²) in [4.78, 5) is 16.7. The van der Waals surface area contributed by atoms with E-state index in [1.807, 2.05) is 49.5 Å². The first-order chi connectivity index (χ1) is 11.2. The van der Waals surface area contributed by atoms with Crippen LogP contribution in [0.1, 0.15) is 21.7 Å². The SMILES string of the molecule is Cc1nc2ccccn2c1C(=O)NCC#Cc1ccccc1Cl. The van der Waals surface area contributed by atoms with Gasteiger partial charge in [-0.15, -0.1) is 0 Å². The molecule has 0 saturated heterocycles. The third-order valence-electron chi connectivity index (χ3n) is 3.35. The molecule has 3 rings (SSSR count). The summed E-state index contributed by atoms with van der Waals surface area (Å²) < 4.78 is 1.77. The minimum Gasteiger partial charge on any atom is -0.340 e. The van der Waals surface area contributed by atoms with E-state index in [4.69, 9.17) is 11.6 Å². The Morgan fingerprint density at radius 1 is 1.26 bits per heavy atom. The second-order valence-corrected chi connectivity index (χ2v) is 5.35. The zero-order valence-electron chi connectivity index (χ0n) is 12.5. The van der Waals surface area contributed by atoms with Crippen molar-refractivity contribution in [1.29, 1.82) is 0 Å². The number of aryl methyl sites for hydroxylation is 1. The Bertz CT molecular complexity index is 934. The summed E-state index contributed by atoms with van der Waals surface area (Å²) in [5, 5.41) is 3.39. The molecule has 0 spiro atoms. The molecule has 114 valence electrons. The Balaban J connectivity index is 1.73. The first-order valence-corrected chi connectivity index (χ1v) is 7.50. The van der Waals surface area contributed by atoms with E-state index in [1.54, 1.807) is 10.5 Å². The lowest BCUT2D eigenvalue weighted by Gasteiger charge is -2.02. The molecule has 0 saturated carbocycles. The molecule has 0 unspecified atom stereocenters. The van der Waals surface area contributed by atoms with Gasteiger partial charge in [0.2, 0.25) is 0 Å². The Labute approximate surface area is 139 Å². The summed E-state index contributed by atoms with van der Waals surface area (Å²) in [5.74, 6) is 5.65. The van der Waals surface area contributed by atoms with Crippen molar-refractivity contribution < 1.29 is 4.79 Å². The molecular weight excluding hydrogens is 310 g/mol. The number of carbonyl (C=O) groups excluding carboxylic acids is 1. The van der Waals surface area contributed by atoms with Crippen molar-refractivity contribution in [1.82, 2.24) is 14.7 Å². The van der Waals surface area contributed by atoms with Gasteiger partial charge < -0.3 is 5.32 Å². The van der Waals surface area contributed by atoms with Crippen molar-refractivity contribution in [2.24, 2.45) is 0 Å². The van der Waals surface area contributed by atoms with E-state index in [0.29, 0.717) is 16.4 Å². The maximum absolute atomic E-state index is 12.4. The van der Waals surface area contributed by atoms with Gasteiger partial charge in [-0.3, -0.25) is 9.20 Å². The van der Waals surface area contributed by atoms with Gasteiger partial charge in [-0.05, 0) is 31.2 Å². The van der Waals surface area contributed by atoms with Crippen LogP contribution in [0.3, 0.4) is 0 Å². The largest absolute Gasteiger partial charge is 0.340 e. The number of nitrogens with one attached hydrogen (secondary N) is 1. The summed E-state index contributed by atoms with van der Waals surface area (Å²) in [5.41, 5.74) is 2.71. The third kappa shape index (κ3) is 3.20. The molecule has 0 aliphatic carbocycles. The molecule has 1 aromatic carbocycles. The predicted molar refractivity (Wildman–Crippen MR) is 90.6 cm³/mol. The number of aromatic nitrogens is 2. The highest BCUT2D eigenvalue weighted by Gasteiger charge is 2.15. The number of imidazole rings is 1. The molecule has 0 atom stereocenters. The fourth-order valence-corrected chi connectivity index (χ4v) is 2.48. The number of amides is 1. The average molecular weight is 324 g/mol. The molecule has 2 heterocycles. The zero-order valence-corrected chi connectivity index (χ0v) is 13.3. The monoisotopic (exact) mass is 323 g/mol. The number of fused-ring (bicyclic) bond motifs is 1. The second kappa shape index (κ2) is 6.55. The molecule has 0 radical (unpaired) electrons. The Morgan fingerprint density at radius 2 is 2.04 bits per heavy atom. The fraction of sp³-hybridized carbons (Fsp3) is 0.111. The Morgan fingerprint density at radius 3 is 2.87 bits per heavy atom. The molecule has 4 nitrogen and oxygen atoms in total. The lowest BCUT2D eigenvalue weighted by molar-refractivity contribution is 0.0952. The van der Waals surface area contributed by atoms with E-state index in [1.165, 1.54) is 0 Å². The molecule has 1 N–H and O–H groups in total. The first kappa shape index (κ1) is 15.1. The van der Waals surface area contributed by atoms with E-state index < -0.39 is 0 Å². The van der Waals surface area contributed by atoms with E-state index in [2.05, 4.69) is 22.1 Å². The van der Waals surface area contributed by atoms with Gasteiger partial charge in [0.15, 0.2) is 0 Å². The standard InChI is InChI=1S/C18H14ClN3O/c1-13-17(22-12-5-4-10-16(22)21-13)18(23)20-11-6-8-14-7-2-3-9-15(14)19/h2-5,7,9-10,12H,11H2,1H3,(H,20,23). The van der Waals surface area contributed by atoms with Crippen LogP contribution in [0.5, 0.6) is 0 Å². The second-order valence-electron chi connectivity index (χ2n) is 4.94. The summed E-state index contributed by atoms with van der Waals surface area (Å²) in [6, 6.07) is 13.0. The van der Waals surface area contributed by atoms with Crippen LogP contribution in [-0.2, 0) is 0 Å². The van der Waals surface area contributed by atoms with Gasteiger partial charge in [-0.2, -0.15) is 0 Å². The van der Waals surface area contributed by atoms with Crippen molar-refractivity contribution in [3.63, 3.8) is 0 Å². The van der Waals surface area contributed by atoms with Crippen molar-refractivity contribution in [3.8, 4) is 11.8 Å². The van der Waals surface area contributed by atoms with Gasteiger partial charge in [0.25, 0.3) is 5.91 Å². The molecule has 23 heavy (non-hydrogen) atoms. The van der Waals surface area contributed by atoms with Crippen LogP contribution in [0, 0.1) is 18.8 Å². The topological polar surface area (TPSA) is 46.4 Å². The molecule has 3 aromatic rings. The number of hydrogen-bond donors (Lipinski definition) is 1. The minimum absolute atomic E-state index is 0.199. The molecule has 0 aliphatic rings. The molecule has 0 bridgehead atoms. The van der Waals surface area contributed by atoms with Gasteiger partial charge in [0.1, 0.15) is 11.3 Å². The van der Waals surface area contributed by atoms with E-state index in [9.17, 15) is 4.79 Å². The number of rotatable bonds is 2. The predicted octanol–water partition coefficient (Wildman–Crippen LogP) is 3.08. The zero-order chi connectivity index (χ0) is 16.2. The van der Waals surface area contributed by atoms with E-state index >= 15 is 0 Å². The van der Waals surface area contributed by atoms with Crippen molar-refractivity contribution in [2.75, 3.05) is 6.54 Å². The molecule has 5 heteroatoms. The molecule has 0 aliphatic heterocycles. The van der Waals surface area contributed by atoms with E-state index in [0.717, 1.165) is 11.2 Å². The highest BCUT2D eigenvalue weighted by atomic mass is 35.5. The summed E-state index contributed by atoms with van der Waals surface area (Å²) in [6.07, 6.45) is 1.82. The minimum atomic E-state index is -0.199. The Kier molecular flexibility index (Phi) is 4.31. The lowest BCUT2D eigenvalue weighted by Crippen LogP contribution is -2.25. The average Bonchev–Trinajstić information content (AvgIpc) is 2.88. The summed E-state index contributed by atoms with van der Waals surface area (Å²) >= 11 is 6.03. The fourth-order valence-electron chi connectivity index (χ4n) is 2.30. The summed E-state index contributed by atoms with van der Waals surface area (Å²) in [7, 11) is 0. The quantitative estimate of drug-likeness (QED) is 0.737. The highest BCUT2D eigenvalue weighted by molar-refractivity contribution is 6.31. The van der Waals surface area contributed by atoms with Gasteiger partial charge in [0, 0.05) is 11.8 Å². The number of halogens is 1. The van der Waals surface area contributed by atoms with Crippen LogP contribution in [0.4, 0.5) is 0 Å². The van der Waals surface area contributed by atoms with Crippen LogP contribution in [-0.4, -0.2) is 21.8 Å². The first-order valence-electron chi connectivity index (χ1n) is 7.12. The molecule has 2 aromatic heterocycles. The number of nitrogens with zero attached hydrogens (tertiary/aromatic N) is 2. The lowest BCUT2D eigenvalue weighted by atomic mass is 10.2. The van der Waals surface area contributed by atoms with Crippen molar-refractivity contribution in [2.45, 2.75) is 6.92 Å². The molecule has 0 fully saturated rings.